The maximum absolute atomic E-state index is 13.1. The molecule has 0 aromatic heterocycles. The summed E-state index contributed by atoms with van der Waals surface area (Å²) < 4.78 is 65.8. The Hall–Kier alpha value is -3.63. The van der Waals surface area contributed by atoms with Crippen molar-refractivity contribution in [1.29, 1.82) is 0 Å². The fourth-order valence-corrected chi connectivity index (χ4v) is 4.92. The molecule has 1 amide bonds. The summed E-state index contributed by atoms with van der Waals surface area (Å²) in [7, 11) is 0. The second-order valence-electron chi connectivity index (χ2n) is 8.94. The van der Waals surface area contributed by atoms with Gasteiger partial charge in [-0.25, -0.2) is 4.79 Å². The molecule has 8 nitrogen and oxygen atoms in total. The third-order valence-electron chi connectivity index (χ3n) is 6.67. The van der Waals surface area contributed by atoms with Crippen LogP contribution in [0.15, 0.2) is 36.4 Å². The second kappa shape index (κ2) is 9.44. The van der Waals surface area contributed by atoms with Gasteiger partial charge in [0.05, 0.1) is 0 Å². The Labute approximate surface area is 204 Å². The molecule has 11 heteroatoms. The van der Waals surface area contributed by atoms with E-state index >= 15 is 0 Å². The number of alkyl halides is 3. The number of ketones is 1. The summed E-state index contributed by atoms with van der Waals surface area (Å²) in [6.45, 7) is 1.43. The number of nitrogens with zero attached hydrogens (tertiary/aromatic N) is 1. The molecule has 2 aromatic carbocycles. The molecule has 0 N–H and O–H groups in total. The first-order chi connectivity index (χ1) is 17.2. The van der Waals surface area contributed by atoms with Crippen molar-refractivity contribution in [2.45, 2.75) is 38.0 Å². The predicted octanol–water partition coefficient (Wildman–Crippen LogP) is 4.64. The molecule has 1 atom stereocenters. The van der Waals surface area contributed by atoms with Crippen molar-refractivity contribution in [3.05, 3.63) is 47.5 Å². The van der Waals surface area contributed by atoms with Gasteiger partial charge in [-0.05, 0) is 61.1 Å². The van der Waals surface area contributed by atoms with E-state index in [0.717, 1.165) is 18.1 Å². The molecule has 36 heavy (non-hydrogen) atoms. The fourth-order valence-electron chi connectivity index (χ4n) is 4.92. The van der Waals surface area contributed by atoms with Crippen molar-refractivity contribution in [3.63, 3.8) is 0 Å². The number of hydrogen-bond acceptors (Lipinski definition) is 7. The number of likely N-dealkylation sites (tertiary alicyclic amines) is 1. The number of benzene rings is 2. The monoisotopic (exact) mass is 507 g/mol. The summed E-state index contributed by atoms with van der Waals surface area (Å²) in [4.78, 5) is 25.0. The molecule has 3 heterocycles. The van der Waals surface area contributed by atoms with Crippen LogP contribution in [0.25, 0.3) is 0 Å². The van der Waals surface area contributed by atoms with Gasteiger partial charge in [0.1, 0.15) is 0 Å². The van der Waals surface area contributed by atoms with Gasteiger partial charge in [0.15, 0.2) is 28.8 Å². The minimum atomic E-state index is -4.95. The van der Waals surface area contributed by atoms with Gasteiger partial charge in [0.2, 0.25) is 13.6 Å². The van der Waals surface area contributed by atoms with Crippen LogP contribution in [-0.4, -0.2) is 55.7 Å². The quantitative estimate of drug-likeness (QED) is 0.583. The molecule has 1 saturated heterocycles. The largest absolute Gasteiger partial charge is 0.454 e. The average molecular weight is 507 g/mol. The number of hydrogen-bond donors (Lipinski definition) is 0. The number of carbonyl (C=O) groups excluding carboxylic acids is 2. The van der Waals surface area contributed by atoms with Crippen LogP contribution in [0.5, 0.6) is 23.0 Å². The van der Waals surface area contributed by atoms with Gasteiger partial charge in [-0.1, -0.05) is 12.1 Å². The van der Waals surface area contributed by atoms with Crippen LogP contribution in [0, 0.1) is 5.92 Å². The molecular weight excluding hydrogens is 483 g/mol. The van der Waals surface area contributed by atoms with Gasteiger partial charge < -0.3 is 28.6 Å². The van der Waals surface area contributed by atoms with Crippen molar-refractivity contribution in [2.24, 2.45) is 5.92 Å². The number of piperidine rings is 1. The van der Waals surface area contributed by atoms with Crippen molar-refractivity contribution < 1.29 is 46.4 Å². The molecule has 3 aliphatic rings. The highest BCUT2D eigenvalue weighted by Crippen LogP contribution is 2.44. The lowest BCUT2D eigenvalue weighted by Crippen LogP contribution is -2.46. The Morgan fingerprint density at radius 3 is 1.86 bits per heavy atom. The molecule has 5 rings (SSSR count). The van der Waals surface area contributed by atoms with Crippen LogP contribution in [-0.2, 0) is 9.53 Å². The topological polar surface area (TPSA) is 83.5 Å². The molecule has 0 aliphatic carbocycles. The highest BCUT2D eigenvalue weighted by atomic mass is 19.4. The Kier molecular flexibility index (Phi) is 6.31. The number of amides is 1. The van der Waals surface area contributed by atoms with E-state index < -0.39 is 24.2 Å². The van der Waals surface area contributed by atoms with Crippen LogP contribution < -0.4 is 18.9 Å². The van der Waals surface area contributed by atoms with E-state index in [1.165, 1.54) is 4.90 Å². The van der Waals surface area contributed by atoms with Crippen LogP contribution in [0.1, 0.15) is 36.8 Å². The number of carbonyl (C=O) groups is 2. The van der Waals surface area contributed by atoms with E-state index in [9.17, 15) is 22.8 Å². The summed E-state index contributed by atoms with van der Waals surface area (Å²) in [6.07, 6.45) is -7.84. The number of Topliss-reactive ketones (excluding diaryl/α,β-unsaturated/α-hetero) is 1. The first kappa shape index (κ1) is 24.1. The molecule has 1 unspecified atom stereocenters. The Morgan fingerprint density at radius 2 is 1.39 bits per heavy atom. The molecule has 192 valence electrons. The SMILES string of the molecule is CC(=O)C(OC(=O)N1CCC(C(c2ccc3c(c2)OCO3)c2ccc3c(c2)OCO3)CC1)C(F)(F)F. The zero-order valence-electron chi connectivity index (χ0n) is 19.4. The first-order valence-corrected chi connectivity index (χ1v) is 11.5. The Morgan fingerprint density at radius 1 is 0.889 bits per heavy atom. The van der Waals surface area contributed by atoms with E-state index in [0.29, 0.717) is 35.8 Å². The van der Waals surface area contributed by atoms with E-state index in [1.807, 2.05) is 36.4 Å². The van der Waals surface area contributed by atoms with Crippen LogP contribution in [0.4, 0.5) is 18.0 Å². The lowest BCUT2D eigenvalue weighted by Gasteiger charge is -2.36. The molecule has 0 spiro atoms. The van der Waals surface area contributed by atoms with Gasteiger partial charge >= 0.3 is 12.3 Å². The highest BCUT2D eigenvalue weighted by molar-refractivity contribution is 5.84. The summed E-state index contributed by atoms with van der Waals surface area (Å²) in [5, 5.41) is 0. The third-order valence-corrected chi connectivity index (χ3v) is 6.67. The number of fused-ring (bicyclic) bond motifs is 2. The molecule has 1 fully saturated rings. The van der Waals surface area contributed by atoms with Crippen LogP contribution >= 0.6 is 0 Å². The molecular formula is C25H24F3NO7. The Balaban J connectivity index is 1.35. The Bertz CT molecular complexity index is 1100. The lowest BCUT2D eigenvalue weighted by molar-refractivity contribution is -0.204. The average Bonchev–Trinajstić information content (AvgIpc) is 3.51. The third kappa shape index (κ3) is 4.74. The van der Waals surface area contributed by atoms with Gasteiger partial charge in [-0.2, -0.15) is 13.2 Å². The summed E-state index contributed by atoms with van der Waals surface area (Å²) >= 11 is 0. The summed E-state index contributed by atoms with van der Waals surface area (Å²) in [5.74, 6) is 1.28. The van der Waals surface area contributed by atoms with Crippen LogP contribution in [0.3, 0.4) is 0 Å². The summed E-state index contributed by atoms with van der Waals surface area (Å²) in [6, 6.07) is 11.5. The smallest absolute Gasteiger partial charge is 0.432 e. The lowest BCUT2D eigenvalue weighted by atomic mass is 9.76. The highest BCUT2D eigenvalue weighted by Gasteiger charge is 2.47. The van der Waals surface area contributed by atoms with Crippen molar-refractivity contribution in [2.75, 3.05) is 26.7 Å². The van der Waals surface area contributed by atoms with Gasteiger partial charge in [0, 0.05) is 19.0 Å². The zero-order valence-corrected chi connectivity index (χ0v) is 19.4. The van der Waals surface area contributed by atoms with Crippen molar-refractivity contribution in [3.8, 4) is 23.0 Å². The van der Waals surface area contributed by atoms with Gasteiger partial charge in [-0.3, -0.25) is 4.79 Å². The molecule has 0 bridgehead atoms. The van der Waals surface area contributed by atoms with E-state index in [-0.39, 0.29) is 38.5 Å². The minimum absolute atomic E-state index is 0.0565. The van der Waals surface area contributed by atoms with E-state index in [2.05, 4.69) is 4.74 Å². The molecule has 3 aliphatic heterocycles. The van der Waals surface area contributed by atoms with E-state index in [4.69, 9.17) is 18.9 Å². The molecule has 0 saturated carbocycles. The maximum atomic E-state index is 13.1. The molecule has 2 aromatic rings. The van der Waals surface area contributed by atoms with Gasteiger partial charge in [0.25, 0.3) is 6.10 Å². The van der Waals surface area contributed by atoms with Crippen LogP contribution in [0.2, 0.25) is 0 Å². The minimum Gasteiger partial charge on any atom is -0.454 e. The zero-order chi connectivity index (χ0) is 25.4. The van der Waals surface area contributed by atoms with Crippen molar-refractivity contribution in [1.82, 2.24) is 4.90 Å². The van der Waals surface area contributed by atoms with E-state index in [1.54, 1.807) is 0 Å². The number of ether oxygens (including phenoxy) is 5. The number of halogens is 3. The standard InChI is InChI=1S/C25H24F3NO7/c1-14(30)23(25(26,27)28)36-24(31)29-8-6-15(7-9-29)22(16-2-4-18-20(10-16)34-12-32-18)17-3-5-19-21(11-17)35-13-33-19/h2-5,10-11,15,22-23H,6-9,12-13H2,1H3. The predicted molar refractivity (Wildman–Crippen MR) is 118 cm³/mol. The second-order valence-corrected chi connectivity index (χ2v) is 8.94. The normalized spacial score (nSPS) is 17.9. The molecule has 0 radical (unpaired) electrons. The van der Waals surface area contributed by atoms with Gasteiger partial charge in [-0.15, -0.1) is 0 Å². The fraction of sp³-hybridized carbons (Fsp3) is 0.440. The number of rotatable bonds is 5. The van der Waals surface area contributed by atoms with Crippen molar-refractivity contribution >= 4 is 11.9 Å². The summed E-state index contributed by atoms with van der Waals surface area (Å²) in [5.41, 5.74) is 1.96. The maximum Gasteiger partial charge on any atom is 0.432 e. The first-order valence-electron chi connectivity index (χ1n) is 11.5.